The van der Waals surface area contributed by atoms with E-state index in [9.17, 15) is 5.11 Å². The van der Waals surface area contributed by atoms with Gasteiger partial charge in [-0.05, 0) is 30.0 Å². The molecular weight excluding hydrogens is 226 g/mol. The van der Waals surface area contributed by atoms with Crippen molar-refractivity contribution in [3.63, 3.8) is 0 Å². The van der Waals surface area contributed by atoms with Gasteiger partial charge in [-0.15, -0.1) is 0 Å². The zero-order valence-electron chi connectivity index (χ0n) is 10.8. The lowest BCUT2D eigenvalue weighted by Gasteiger charge is -2.17. The number of hydrogen-bond donors (Lipinski definition) is 1. The molecule has 2 aromatic rings. The van der Waals surface area contributed by atoms with Crippen molar-refractivity contribution >= 4 is 10.9 Å². The molecule has 2 unspecified atom stereocenters. The number of aromatic nitrogens is 1. The molecule has 1 aromatic carbocycles. The summed E-state index contributed by atoms with van der Waals surface area (Å²) in [5.74, 6) is 0.330. The zero-order valence-corrected chi connectivity index (χ0v) is 10.8. The summed E-state index contributed by atoms with van der Waals surface area (Å²) in [6.45, 7) is 2.75. The smallest absolute Gasteiger partial charge is 0.0800 e. The molecule has 0 aliphatic carbocycles. The summed E-state index contributed by atoms with van der Waals surface area (Å²) in [6, 6.07) is 9.77. The summed E-state index contributed by atoms with van der Waals surface area (Å²) in [4.78, 5) is 4.30. The molecule has 2 atom stereocenters. The molecule has 0 aliphatic rings. The maximum absolute atomic E-state index is 10.3. The number of rotatable bonds is 5. The minimum absolute atomic E-state index is 0.330. The second-order valence-corrected chi connectivity index (χ2v) is 4.73. The van der Waals surface area contributed by atoms with Crippen LogP contribution in [0.2, 0.25) is 0 Å². The number of ether oxygens (including phenoxy) is 1. The zero-order chi connectivity index (χ0) is 13.0. The Morgan fingerprint density at radius 3 is 2.89 bits per heavy atom. The highest BCUT2D eigenvalue weighted by Crippen LogP contribution is 2.27. The molecule has 2 rings (SSSR count). The number of hydrogen-bond acceptors (Lipinski definition) is 3. The number of aliphatic hydroxyl groups excluding tert-OH is 1. The van der Waals surface area contributed by atoms with Crippen LogP contribution in [0.3, 0.4) is 0 Å². The Morgan fingerprint density at radius 1 is 1.28 bits per heavy atom. The second-order valence-electron chi connectivity index (χ2n) is 4.73. The summed E-state index contributed by atoms with van der Waals surface area (Å²) in [5.41, 5.74) is 1.87. The van der Waals surface area contributed by atoms with Crippen LogP contribution in [0.1, 0.15) is 25.0 Å². The van der Waals surface area contributed by atoms with Crippen LogP contribution in [0.25, 0.3) is 10.9 Å². The van der Waals surface area contributed by atoms with Crippen LogP contribution in [0.5, 0.6) is 0 Å². The van der Waals surface area contributed by atoms with E-state index >= 15 is 0 Å². The van der Waals surface area contributed by atoms with Crippen LogP contribution >= 0.6 is 0 Å². The summed E-state index contributed by atoms with van der Waals surface area (Å²) < 4.78 is 5.10. The van der Waals surface area contributed by atoms with E-state index in [4.69, 9.17) is 4.74 Å². The van der Waals surface area contributed by atoms with Crippen LogP contribution in [-0.4, -0.2) is 23.8 Å². The molecule has 0 spiro atoms. The molecule has 0 fully saturated rings. The Morgan fingerprint density at radius 2 is 2.11 bits per heavy atom. The van der Waals surface area contributed by atoms with E-state index in [0.717, 1.165) is 16.5 Å². The third-order valence-electron chi connectivity index (χ3n) is 3.12. The molecule has 1 aromatic heterocycles. The normalized spacial score (nSPS) is 14.6. The summed E-state index contributed by atoms with van der Waals surface area (Å²) in [5, 5.41) is 11.4. The maximum Gasteiger partial charge on any atom is 0.0800 e. The third-order valence-corrected chi connectivity index (χ3v) is 3.12. The van der Waals surface area contributed by atoms with Crippen molar-refractivity contribution in [3.8, 4) is 0 Å². The molecule has 1 heterocycles. The van der Waals surface area contributed by atoms with Gasteiger partial charge < -0.3 is 9.84 Å². The van der Waals surface area contributed by atoms with Gasteiger partial charge >= 0.3 is 0 Å². The fourth-order valence-corrected chi connectivity index (χ4v) is 2.28. The lowest BCUT2D eigenvalue weighted by Crippen LogP contribution is -2.09. The number of methoxy groups -OCH3 is 1. The van der Waals surface area contributed by atoms with Crippen molar-refractivity contribution in [1.29, 1.82) is 0 Å². The Kier molecular flexibility index (Phi) is 4.28. The van der Waals surface area contributed by atoms with E-state index in [1.807, 2.05) is 30.3 Å². The highest BCUT2D eigenvalue weighted by molar-refractivity contribution is 5.82. The molecule has 0 radical (unpaired) electrons. The Hall–Kier alpha value is -1.45. The second kappa shape index (κ2) is 5.94. The van der Waals surface area contributed by atoms with Crippen molar-refractivity contribution in [2.24, 2.45) is 5.92 Å². The first-order chi connectivity index (χ1) is 8.72. The molecular formula is C15H19NO2. The topological polar surface area (TPSA) is 42.4 Å². The average molecular weight is 245 g/mol. The standard InChI is InChI=1S/C15H19NO2/c1-11(10-18-2)9-15(17)13-5-3-7-14-12(13)6-4-8-16-14/h3-8,11,15,17H,9-10H2,1-2H3. The van der Waals surface area contributed by atoms with Gasteiger partial charge in [-0.3, -0.25) is 4.98 Å². The van der Waals surface area contributed by atoms with Crippen LogP contribution < -0.4 is 0 Å². The van der Waals surface area contributed by atoms with Crippen molar-refractivity contribution in [2.75, 3.05) is 13.7 Å². The molecule has 0 saturated carbocycles. The van der Waals surface area contributed by atoms with E-state index in [0.29, 0.717) is 18.9 Å². The fraction of sp³-hybridized carbons (Fsp3) is 0.400. The number of fused-ring (bicyclic) bond motifs is 1. The molecule has 1 N–H and O–H groups in total. The quantitative estimate of drug-likeness (QED) is 0.880. The Balaban J connectivity index is 2.24. The number of nitrogens with zero attached hydrogens (tertiary/aromatic N) is 1. The number of benzene rings is 1. The van der Waals surface area contributed by atoms with Gasteiger partial charge in [0.15, 0.2) is 0 Å². The minimum Gasteiger partial charge on any atom is -0.388 e. The molecule has 0 bridgehead atoms. The predicted octanol–water partition coefficient (Wildman–Crippen LogP) is 2.94. The van der Waals surface area contributed by atoms with Crippen LogP contribution in [-0.2, 0) is 4.74 Å². The van der Waals surface area contributed by atoms with Gasteiger partial charge in [0.05, 0.1) is 11.6 Å². The van der Waals surface area contributed by atoms with Gasteiger partial charge in [-0.1, -0.05) is 25.1 Å². The molecule has 0 saturated heterocycles. The van der Waals surface area contributed by atoms with Gasteiger partial charge in [0.1, 0.15) is 0 Å². The highest BCUT2D eigenvalue weighted by atomic mass is 16.5. The molecule has 0 aliphatic heterocycles. The summed E-state index contributed by atoms with van der Waals surface area (Å²) >= 11 is 0. The highest BCUT2D eigenvalue weighted by Gasteiger charge is 2.14. The fourth-order valence-electron chi connectivity index (χ4n) is 2.28. The molecule has 96 valence electrons. The number of pyridine rings is 1. The van der Waals surface area contributed by atoms with Crippen LogP contribution in [0.4, 0.5) is 0 Å². The molecule has 0 amide bonds. The van der Waals surface area contributed by atoms with Crippen LogP contribution in [0.15, 0.2) is 36.5 Å². The first-order valence-electron chi connectivity index (χ1n) is 6.23. The Bertz CT molecular complexity index is 507. The first-order valence-corrected chi connectivity index (χ1v) is 6.23. The van der Waals surface area contributed by atoms with Gasteiger partial charge in [-0.25, -0.2) is 0 Å². The maximum atomic E-state index is 10.3. The van der Waals surface area contributed by atoms with E-state index in [-0.39, 0.29) is 0 Å². The Labute approximate surface area is 107 Å². The predicted molar refractivity (Wildman–Crippen MR) is 72.4 cm³/mol. The van der Waals surface area contributed by atoms with E-state index in [1.54, 1.807) is 13.3 Å². The minimum atomic E-state index is -0.469. The first kappa shape index (κ1) is 13.0. The van der Waals surface area contributed by atoms with Gasteiger partial charge in [0.25, 0.3) is 0 Å². The van der Waals surface area contributed by atoms with Crippen molar-refractivity contribution in [1.82, 2.24) is 4.98 Å². The van der Waals surface area contributed by atoms with E-state index in [1.165, 1.54) is 0 Å². The van der Waals surface area contributed by atoms with Crippen molar-refractivity contribution in [2.45, 2.75) is 19.4 Å². The summed E-state index contributed by atoms with van der Waals surface area (Å²) in [7, 11) is 1.69. The van der Waals surface area contributed by atoms with Gasteiger partial charge in [-0.2, -0.15) is 0 Å². The van der Waals surface area contributed by atoms with Gasteiger partial charge in [0, 0.05) is 25.3 Å². The lowest BCUT2D eigenvalue weighted by atomic mass is 9.96. The lowest BCUT2D eigenvalue weighted by molar-refractivity contribution is 0.102. The molecule has 3 nitrogen and oxygen atoms in total. The SMILES string of the molecule is COCC(C)CC(O)c1cccc2ncccc12. The largest absolute Gasteiger partial charge is 0.388 e. The van der Waals surface area contributed by atoms with Crippen molar-refractivity contribution in [3.05, 3.63) is 42.1 Å². The van der Waals surface area contributed by atoms with Crippen molar-refractivity contribution < 1.29 is 9.84 Å². The molecule has 3 heteroatoms. The van der Waals surface area contributed by atoms with Gasteiger partial charge in [0.2, 0.25) is 0 Å². The average Bonchev–Trinajstić information content (AvgIpc) is 2.38. The summed E-state index contributed by atoms with van der Waals surface area (Å²) in [6.07, 6.45) is 2.00. The van der Waals surface area contributed by atoms with E-state index in [2.05, 4.69) is 11.9 Å². The molecule has 18 heavy (non-hydrogen) atoms. The number of aliphatic hydroxyl groups is 1. The monoisotopic (exact) mass is 245 g/mol. The van der Waals surface area contributed by atoms with Crippen LogP contribution in [0, 0.1) is 5.92 Å². The van der Waals surface area contributed by atoms with E-state index < -0.39 is 6.10 Å². The third kappa shape index (κ3) is 2.86.